The summed E-state index contributed by atoms with van der Waals surface area (Å²) in [6, 6.07) is 15.7. The number of amides is 1. The number of carbonyl (C=O) groups is 2. The lowest BCUT2D eigenvalue weighted by molar-refractivity contribution is -0.123. The Morgan fingerprint density at radius 3 is 2.72 bits per heavy atom. The lowest BCUT2D eigenvalue weighted by Crippen LogP contribution is -2.30. The van der Waals surface area contributed by atoms with E-state index >= 15 is 0 Å². The normalized spacial score (nSPS) is 11.5. The Labute approximate surface area is 143 Å². The van der Waals surface area contributed by atoms with E-state index in [9.17, 15) is 9.59 Å². The van der Waals surface area contributed by atoms with Crippen LogP contribution in [0.1, 0.15) is 23.0 Å². The number of benzene rings is 2. The minimum absolute atomic E-state index is 0.118. The van der Waals surface area contributed by atoms with E-state index in [1.165, 1.54) is 6.92 Å². The molecule has 0 bridgehead atoms. The van der Waals surface area contributed by atoms with Crippen molar-refractivity contribution in [2.75, 3.05) is 5.32 Å². The predicted octanol–water partition coefficient (Wildman–Crippen LogP) is 2.62. The van der Waals surface area contributed by atoms with E-state index in [2.05, 4.69) is 15.5 Å². The van der Waals surface area contributed by atoms with E-state index in [0.29, 0.717) is 22.2 Å². The van der Waals surface area contributed by atoms with E-state index in [0.717, 1.165) is 0 Å². The van der Waals surface area contributed by atoms with Gasteiger partial charge in [-0.1, -0.05) is 30.3 Å². The van der Waals surface area contributed by atoms with Crippen molar-refractivity contribution in [1.82, 2.24) is 10.2 Å². The summed E-state index contributed by atoms with van der Waals surface area (Å²) in [7, 11) is 0. The van der Waals surface area contributed by atoms with Crippen molar-refractivity contribution in [3.8, 4) is 6.07 Å². The minimum Gasteiger partial charge on any atom is -0.448 e. The number of carbonyl (C=O) groups excluding carboxylic acids is 2. The fourth-order valence-electron chi connectivity index (χ4n) is 2.31. The number of rotatable bonds is 4. The number of hydrogen-bond donors (Lipinski definition) is 2. The number of hydrogen-bond acceptors (Lipinski definition) is 5. The van der Waals surface area contributed by atoms with Crippen LogP contribution in [0.15, 0.2) is 48.5 Å². The number of aromatic amines is 1. The van der Waals surface area contributed by atoms with Gasteiger partial charge in [-0.05, 0) is 25.1 Å². The molecule has 0 aliphatic carbocycles. The van der Waals surface area contributed by atoms with Gasteiger partial charge in [0.2, 0.25) is 0 Å². The zero-order chi connectivity index (χ0) is 17.8. The number of para-hydroxylation sites is 2. The molecule has 3 rings (SSSR count). The lowest BCUT2D eigenvalue weighted by atomic mass is 10.2. The summed E-state index contributed by atoms with van der Waals surface area (Å²) in [6.07, 6.45) is -1.05. The molecule has 7 heteroatoms. The maximum Gasteiger partial charge on any atom is 0.360 e. The fraction of sp³-hybridized carbons (Fsp3) is 0.111. The highest BCUT2D eigenvalue weighted by molar-refractivity contribution is 6.03. The molecule has 3 aromatic rings. The smallest absolute Gasteiger partial charge is 0.360 e. The first-order valence-corrected chi connectivity index (χ1v) is 7.54. The van der Waals surface area contributed by atoms with E-state index in [-0.39, 0.29) is 5.69 Å². The number of nitrogens with zero attached hydrogens (tertiary/aromatic N) is 2. The Hall–Kier alpha value is -3.66. The second-order valence-corrected chi connectivity index (χ2v) is 5.31. The number of nitrogens with one attached hydrogen (secondary N) is 2. The van der Waals surface area contributed by atoms with Crippen molar-refractivity contribution in [3.05, 3.63) is 59.8 Å². The molecule has 0 radical (unpaired) electrons. The third-order valence-corrected chi connectivity index (χ3v) is 3.62. The largest absolute Gasteiger partial charge is 0.448 e. The number of aromatic nitrogens is 2. The monoisotopic (exact) mass is 334 g/mol. The van der Waals surface area contributed by atoms with Gasteiger partial charge in [-0.3, -0.25) is 9.89 Å². The van der Waals surface area contributed by atoms with Gasteiger partial charge >= 0.3 is 5.97 Å². The summed E-state index contributed by atoms with van der Waals surface area (Å²) >= 11 is 0. The molecular weight excluding hydrogens is 320 g/mol. The molecule has 0 unspecified atom stereocenters. The van der Waals surface area contributed by atoms with Crippen molar-refractivity contribution < 1.29 is 14.3 Å². The molecule has 0 fully saturated rings. The first-order valence-electron chi connectivity index (χ1n) is 7.54. The van der Waals surface area contributed by atoms with Gasteiger partial charge in [-0.25, -0.2) is 4.79 Å². The van der Waals surface area contributed by atoms with Gasteiger partial charge < -0.3 is 10.1 Å². The number of ether oxygens (including phenoxy) is 1. The molecule has 25 heavy (non-hydrogen) atoms. The molecule has 124 valence electrons. The Morgan fingerprint density at radius 2 is 1.92 bits per heavy atom. The van der Waals surface area contributed by atoms with Gasteiger partial charge in [-0.15, -0.1) is 0 Å². The Kier molecular flexibility index (Phi) is 4.44. The molecule has 2 N–H and O–H groups in total. The molecule has 0 saturated heterocycles. The van der Waals surface area contributed by atoms with Gasteiger partial charge in [0.05, 0.1) is 16.8 Å². The maximum absolute atomic E-state index is 12.3. The average Bonchev–Trinajstić information content (AvgIpc) is 3.06. The van der Waals surface area contributed by atoms with Crippen molar-refractivity contribution in [2.45, 2.75) is 13.0 Å². The summed E-state index contributed by atoms with van der Waals surface area (Å²) in [5, 5.41) is 18.9. The van der Waals surface area contributed by atoms with E-state index in [1.54, 1.807) is 42.5 Å². The first kappa shape index (κ1) is 16.2. The molecule has 7 nitrogen and oxygen atoms in total. The second kappa shape index (κ2) is 6.84. The van der Waals surface area contributed by atoms with Crippen LogP contribution in [0.3, 0.4) is 0 Å². The van der Waals surface area contributed by atoms with Crippen LogP contribution in [0, 0.1) is 11.3 Å². The molecule has 1 heterocycles. The summed E-state index contributed by atoms with van der Waals surface area (Å²) in [5.74, 6) is -1.23. The molecule has 0 saturated carbocycles. The van der Waals surface area contributed by atoms with Crippen molar-refractivity contribution in [1.29, 1.82) is 5.26 Å². The highest BCUT2D eigenvalue weighted by Crippen LogP contribution is 2.17. The van der Waals surface area contributed by atoms with Gasteiger partial charge in [0, 0.05) is 5.39 Å². The van der Waals surface area contributed by atoms with E-state index in [1.807, 2.05) is 12.1 Å². The van der Waals surface area contributed by atoms with Gasteiger partial charge in [-0.2, -0.15) is 10.4 Å². The number of esters is 1. The van der Waals surface area contributed by atoms with Gasteiger partial charge in [0.1, 0.15) is 6.07 Å². The number of anilines is 1. The summed E-state index contributed by atoms with van der Waals surface area (Å²) in [6.45, 7) is 1.46. The van der Waals surface area contributed by atoms with Crippen molar-refractivity contribution in [3.63, 3.8) is 0 Å². The highest BCUT2D eigenvalue weighted by atomic mass is 16.5. The molecule has 0 aliphatic heterocycles. The van der Waals surface area contributed by atoms with Crippen molar-refractivity contribution >= 4 is 28.5 Å². The number of nitriles is 1. The Balaban J connectivity index is 1.71. The summed E-state index contributed by atoms with van der Waals surface area (Å²) < 4.78 is 5.19. The third kappa shape index (κ3) is 3.33. The standard InChI is InChI=1S/C18H14N4O3/c1-11(17(23)20-14-8-4-2-6-12(14)10-19)25-18(24)16-13-7-3-5-9-15(13)21-22-16/h2-9,11H,1H3,(H,20,23)(H,21,22)/t11-/m1/s1. The fourth-order valence-corrected chi connectivity index (χ4v) is 2.31. The topological polar surface area (TPSA) is 108 Å². The van der Waals surface area contributed by atoms with Gasteiger partial charge in [0.15, 0.2) is 11.8 Å². The molecule has 2 aromatic carbocycles. The zero-order valence-corrected chi connectivity index (χ0v) is 13.3. The van der Waals surface area contributed by atoms with E-state index < -0.39 is 18.0 Å². The molecule has 0 aliphatic rings. The minimum atomic E-state index is -1.05. The van der Waals surface area contributed by atoms with Crippen LogP contribution in [0.4, 0.5) is 5.69 Å². The van der Waals surface area contributed by atoms with Crippen LogP contribution in [0.5, 0.6) is 0 Å². The third-order valence-electron chi connectivity index (χ3n) is 3.62. The van der Waals surface area contributed by atoms with Gasteiger partial charge in [0.25, 0.3) is 5.91 Å². The van der Waals surface area contributed by atoms with Crippen LogP contribution in [0.25, 0.3) is 10.9 Å². The van der Waals surface area contributed by atoms with Crippen LogP contribution in [0.2, 0.25) is 0 Å². The maximum atomic E-state index is 12.3. The molecule has 1 aromatic heterocycles. The summed E-state index contributed by atoms with van der Waals surface area (Å²) in [4.78, 5) is 24.5. The van der Waals surface area contributed by atoms with E-state index in [4.69, 9.17) is 10.00 Å². The number of H-pyrrole nitrogens is 1. The SMILES string of the molecule is C[C@@H](OC(=O)c1n[nH]c2ccccc12)C(=O)Nc1ccccc1C#N. The van der Waals surface area contributed by atoms with Crippen LogP contribution in [-0.2, 0) is 9.53 Å². The quantitative estimate of drug-likeness (QED) is 0.713. The second-order valence-electron chi connectivity index (χ2n) is 5.31. The zero-order valence-electron chi connectivity index (χ0n) is 13.3. The highest BCUT2D eigenvalue weighted by Gasteiger charge is 2.22. The number of fused-ring (bicyclic) bond motifs is 1. The first-order chi connectivity index (χ1) is 12.1. The molecule has 0 spiro atoms. The Morgan fingerprint density at radius 1 is 1.20 bits per heavy atom. The Bertz CT molecular complexity index is 987. The van der Waals surface area contributed by atoms with Crippen molar-refractivity contribution in [2.24, 2.45) is 0 Å². The predicted molar refractivity (Wildman–Crippen MR) is 90.8 cm³/mol. The van der Waals surface area contributed by atoms with Crippen LogP contribution < -0.4 is 5.32 Å². The molecule has 1 atom stereocenters. The lowest BCUT2D eigenvalue weighted by Gasteiger charge is -2.13. The van der Waals surface area contributed by atoms with Crippen LogP contribution in [-0.4, -0.2) is 28.2 Å². The summed E-state index contributed by atoms with van der Waals surface area (Å²) in [5.41, 5.74) is 1.51. The molecular formula is C18H14N4O3. The van der Waals surface area contributed by atoms with Crippen LogP contribution >= 0.6 is 0 Å². The molecule has 1 amide bonds. The average molecular weight is 334 g/mol.